The maximum atomic E-state index is 6.23. The number of nitrogen functional groups attached to an aromatic ring is 1. The predicted octanol–water partition coefficient (Wildman–Crippen LogP) is 2.14. The summed E-state index contributed by atoms with van der Waals surface area (Å²) in [7, 11) is 0. The summed E-state index contributed by atoms with van der Waals surface area (Å²) in [5, 5.41) is 16.2. The highest BCUT2D eigenvalue weighted by atomic mass is 32.1. The van der Waals surface area contributed by atoms with Crippen molar-refractivity contribution in [1.82, 2.24) is 30.6 Å². The molecule has 4 aromatic rings. The van der Waals surface area contributed by atoms with Gasteiger partial charge in [-0.25, -0.2) is 9.97 Å². The average Bonchev–Trinajstić information content (AvgIpc) is 3.35. The van der Waals surface area contributed by atoms with E-state index in [0.29, 0.717) is 17.2 Å². The Balaban J connectivity index is 1.76. The molecule has 0 aliphatic carbocycles. The third-order valence-electron chi connectivity index (χ3n) is 3.23. The minimum Gasteiger partial charge on any atom is -0.472 e. The van der Waals surface area contributed by atoms with Gasteiger partial charge in [0.25, 0.3) is 0 Å². The molecule has 24 heavy (non-hydrogen) atoms. The van der Waals surface area contributed by atoms with Crippen LogP contribution < -0.4 is 10.5 Å². The molecule has 0 fully saturated rings. The number of ether oxygens (including phenoxy) is 1. The van der Waals surface area contributed by atoms with Crippen molar-refractivity contribution in [2.75, 3.05) is 5.73 Å². The van der Waals surface area contributed by atoms with Crippen LogP contribution in [0.4, 0.5) is 5.69 Å². The molecule has 0 aromatic carbocycles. The van der Waals surface area contributed by atoms with Gasteiger partial charge in [0.15, 0.2) is 6.61 Å². The number of thiazole rings is 1. The van der Waals surface area contributed by atoms with Crippen LogP contribution >= 0.6 is 11.3 Å². The van der Waals surface area contributed by atoms with E-state index in [1.54, 1.807) is 18.7 Å². The highest BCUT2D eigenvalue weighted by molar-refractivity contribution is 7.13. The molecule has 10 heteroatoms. The van der Waals surface area contributed by atoms with E-state index in [1.807, 2.05) is 17.5 Å². The fraction of sp³-hybridized carbons (Fsp3) is 0.0714. The quantitative estimate of drug-likeness (QED) is 0.565. The second-order valence-corrected chi connectivity index (χ2v) is 5.63. The van der Waals surface area contributed by atoms with Gasteiger partial charge in [0.2, 0.25) is 11.7 Å². The number of tetrazole rings is 1. The predicted molar refractivity (Wildman–Crippen MR) is 86.0 cm³/mol. The number of aromatic amines is 1. The fourth-order valence-electron chi connectivity index (χ4n) is 2.13. The Kier molecular flexibility index (Phi) is 3.63. The van der Waals surface area contributed by atoms with E-state index in [1.165, 1.54) is 11.3 Å². The lowest BCUT2D eigenvalue weighted by Crippen LogP contribution is -2.04. The first kappa shape index (κ1) is 14.3. The van der Waals surface area contributed by atoms with Gasteiger partial charge in [0, 0.05) is 22.7 Å². The second kappa shape index (κ2) is 6.08. The molecule has 0 atom stereocenters. The molecule has 0 bridgehead atoms. The average molecular weight is 341 g/mol. The molecule has 0 amide bonds. The lowest BCUT2D eigenvalue weighted by molar-refractivity contribution is 0.286. The van der Waals surface area contributed by atoms with E-state index >= 15 is 0 Å². The Morgan fingerprint density at radius 3 is 3.04 bits per heavy atom. The molecule has 9 nitrogen and oxygen atoms in total. The maximum absolute atomic E-state index is 6.23. The van der Waals surface area contributed by atoms with Crippen molar-refractivity contribution < 1.29 is 9.15 Å². The van der Waals surface area contributed by atoms with Gasteiger partial charge < -0.3 is 14.9 Å². The zero-order valence-corrected chi connectivity index (χ0v) is 13.0. The molecule has 3 N–H and O–H groups in total. The number of furan rings is 1. The van der Waals surface area contributed by atoms with E-state index in [0.717, 1.165) is 16.1 Å². The van der Waals surface area contributed by atoms with Crippen molar-refractivity contribution in [1.29, 1.82) is 0 Å². The Bertz CT molecular complexity index is 921. The van der Waals surface area contributed by atoms with Crippen LogP contribution in [0.25, 0.3) is 21.8 Å². The molecule has 0 radical (unpaired) electrons. The number of aromatic nitrogens is 6. The summed E-state index contributed by atoms with van der Waals surface area (Å²) in [6.45, 7) is 0.0971. The van der Waals surface area contributed by atoms with E-state index in [-0.39, 0.29) is 12.5 Å². The number of H-pyrrole nitrogens is 1. The Hall–Kier alpha value is -3.27. The molecule has 0 unspecified atom stereocenters. The molecule has 0 aliphatic rings. The molecule has 120 valence electrons. The number of nitrogens with one attached hydrogen (secondary N) is 1. The van der Waals surface area contributed by atoms with Gasteiger partial charge >= 0.3 is 0 Å². The van der Waals surface area contributed by atoms with Gasteiger partial charge in [-0.15, -0.1) is 21.5 Å². The van der Waals surface area contributed by atoms with Crippen LogP contribution in [0.2, 0.25) is 0 Å². The van der Waals surface area contributed by atoms with Crippen molar-refractivity contribution in [3.05, 3.63) is 42.1 Å². The van der Waals surface area contributed by atoms with Gasteiger partial charge in [0.1, 0.15) is 16.4 Å². The molecular weight excluding hydrogens is 330 g/mol. The molecule has 0 spiro atoms. The summed E-state index contributed by atoms with van der Waals surface area (Å²) in [5.74, 6) is 0.685. The molecule has 4 rings (SSSR count). The Morgan fingerprint density at radius 1 is 1.38 bits per heavy atom. The number of rotatable bonds is 5. The molecule has 0 saturated carbocycles. The fourth-order valence-corrected chi connectivity index (χ4v) is 2.73. The number of nitrogens with zero attached hydrogens (tertiary/aromatic N) is 5. The number of nitrogens with two attached hydrogens (primary N) is 1. The number of hydrogen-bond acceptors (Lipinski definition) is 9. The van der Waals surface area contributed by atoms with E-state index in [4.69, 9.17) is 14.9 Å². The van der Waals surface area contributed by atoms with Gasteiger partial charge in [-0.1, -0.05) is 5.21 Å². The number of anilines is 1. The minimum absolute atomic E-state index is 0.0971. The van der Waals surface area contributed by atoms with Crippen LogP contribution in [0.3, 0.4) is 0 Å². The van der Waals surface area contributed by atoms with Crippen LogP contribution in [-0.2, 0) is 6.61 Å². The van der Waals surface area contributed by atoms with E-state index < -0.39 is 0 Å². The van der Waals surface area contributed by atoms with Gasteiger partial charge in [0.05, 0.1) is 12.5 Å². The first-order valence-corrected chi connectivity index (χ1v) is 7.77. The number of hydrogen-bond donors (Lipinski definition) is 2. The normalized spacial score (nSPS) is 10.8. The highest BCUT2D eigenvalue weighted by Gasteiger charge is 2.16. The van der Waals surface area contributed by atoms with Crippen molar-refractivity contribution in [3.63, 3.8) is 0 Å². The largest absolute Gasteiger partial charge is 0.472 e. The van der Waals surface area contributed by atoms with Crippen molar-refractivity contribution in [2.45, 2.75) is 6.61 Å². The van der Waals surface area contributed by atoms with Crippen LogP contribution in [-0.4, -0.2) is 30.6 Å². The third-order valence-corrected chi connectivity index (χ3v) is 4.03. The molecule has 4 heterocycles. The lowest BCUT2D eigenvalue weighted by atomic mass is 10.1. The monoisotopic (exact) mass is 341 g/mol. The molecule has 4 aromatic heterocycles. The lowest BCUT2D eigenvalue weighted by Gasteiger charge is -2.11. The summed E-state index contributed by atoms with van der Waals surface area (Å²) >= 11 is 1.48. The van der Waals surface area contributed by atoms with E-state index in [2.05, 4.69) is 30.6 Å². The molecular formula is C14H11N7O2S. The summed E-state index contributed by atoms with van der Waals surface area (Å²) in [6, 6.07) is 3.68. The van der Waals surface area contributed by atoms with Gasteiger partial charge in [-0.2, -0.15) is 5.21 Å². The Morgan fingerprint density at radius 2 is 2.33 bits per heavy atom. The standard InChI is InChI=1S/C14H11N7O2S/c15-12-9(8-1-3-22-6-8)5-10(14-16-2-4-24-14)17-13(12)23-7-11-18-20-21-19-11/h1-6H,7,15H2,(H,18,19,20,21). The van der Waals surface area contributed by atoms with Crippen LogP contribution in [0.1, 0.15) is 5.82 Å². The zero-order valence-electron chi connectivity index (χ0n) is 12.2. The minimum atomic E-state index is 0.0971. The summed E-state index contributed by atoms with van der Waals surface area (Å²) in [5.41, 5.74) is 8.88. The first-order chi connectivity index (χ1) is 11.8. The SMILES string of the molecule is Nc1c(-c2ccoc2)cc(-c2nccs2)nc1OCc1nn[nH]n1. The number of pyridine rings is 1. The van der Waals surface area contributed by atoms with Crippen LogP contribution in [0, 0.1) is 0 Å². The summed E-state index contributed by atoms with van der Waals surface area (Å²) in [6.07, 6.45) is 4.91. The first-order valence-electron chi connectivity index (χ1n) is 6.89. The summed E-state index contributed by atoms with van der Waals surface area (Å²) < 4.78 is 10.8. The second-order valence-electron chi connectivity index (χ2n) is 4.74. The van der Waals surface area contributed by atoms with Gasteiger partial charge in [-0.05, 0) is 12.1 Å². The van der Waals surface area contributed by atoms with Gasteiger partial charge in [-0.3, -0.25) is 0 Å². The van der Waals surface area contributed by atoms with Crippen molar-refractivity contribution in [2.24, 2.45) is 0 Å². The Labute approximate surface area is 139 Å². The highest BCUT2D eigenvalue weighted by Crippen LogP contribution is 2.36. The zero-order chi connectivity index (χ0) is 16.4. The molecule has 0 aliphatic heterocycles. The maximum Gasteiger partial charge on any atom is 0.238 e. The van der Waals surface area contributed by atoms with Crippen LogP contribution in [0.15, 0.2) is 40.7 Å². The summed E-state index contributed by atoms with van der Waals surface area (Å²) in [4.78, 5) is 8.75. The van der Waals surface area contributed by atoms with Crippen LogP contribution in [0.5, 0.6) is 5.88 Å². The van der Waals surface area contributed by atoms with Crippen molar-refractivity contribution >= 4 is 17.0 Å². The van der Waals surface area contributed by atoms with E-state index in [9.17, 15) is 0 Å². The third kappa shape index (κ3) is 2.70. The molecule has 0 saturated heterocycles. The smallest absolute Gasteiger partial charge is 0.238 e. The topological polar surface area (TPSA) is 129 Å². The van der Waals surface area contributed by atoms with Crippen molar-refractivity contribution in [3.8, 4) is 27.7 Å².